The second kappa shape index (κ2) is 12.3. The van der Waals surface area contributed by atoms with E-state index in [2.05, 4.69) is 0 Å². The lowest BCUT2D eigenvalue weighted by Gasteiger charge is -2.22. The highest BCUT2D eigenvalue weighted by atomic mass is 16.5. The maximum atomic E-state index is 11.9. The van der Waals surface area contributed by atoms with Crippen molar-refractivity contribution in [1.82, 2.24) is 0 Å². The predicted octanol–water partition coefficient (Wildman–Crippen LogP) is 8.33. The Kier molecular flexibility index (Phi) is 7.60. The summed E-state index contributed by atoms with van der Waals surface area (Å²) < 4.78 is 13.2. The summed E-state index contributed by atoms with van der Waals surface area (Å²) in [6, 6.07) is 30.9. The number of fused-ring (bicyclic) bond motifs is 2. The van der Waals surface area contributed by atoms with Crippen LogP contribution in [0.5, 0.6) is 51.7 Å². The van der Waals surface area contributed by atoms with Gasteiger partial charge in [-0.25, -0.2) is 0 Å². The van der Waals surface area contributed by atoms with Crippen molar-refractivity contribution in [3.63, 3.8) is 0 Å². The lowest BCUT2D eigenvalue weighted by atomic mass is 9.80. The van der Waals surface area contributed by atoms with Gasteiger partial charge in [-0.3, -0.25) is 0 Å². The van der Waals surface area contributed by atoms with Crippen LogP contribution in [0.25, 0.3) is 12.2 Å². The molecule has 2 aliphatic rings. The van der Waals surface area contributed by atoms with E-state index in [0.717, 1.165) is 16.7 Å². The summed E-state index contributed by atoms with van der Waals surface area (Å²) in [6.45, 7) is 0. The van der Waals surface area contributed by atoms with E-state index in [0.29, 0.717) is 39.3 Å². The third-order valence-corrected chi connectivity index (χ3v) is 9.47. The van der Waals surface area contributed by atoms with E-state index in [1.807, 2.05) is 18.2 Å². The average molecular weight is 681 g/mol. The highest BCUT2D eigenvalue weighted by Gasteiger charge is 2.43. The minimum atomic E-state index is -0.691. The third kappa shape index (κ3) is 5.84. The molecule has 0 amide bonds. The fourth-order valence-corrected chi connectivity index (χ4v) is 7.24. The van der Waals surface area contributed by atoms with Gasteiger partial charge in [-0.1, -0.05) is 48.6 Å². The lowest BCUT2D eigenvalue weighted by molar-refractivity contribution is 0.218. The highest BCUT2D eigenvalue weighted by molar-refractivity contribution is 5.76. The molecular formula is C42H32O9. The van der Waals surface area contributed by atoms with Gasteiger partial charge in [0.2, 0.25) is 0 Å². The quantitative estimate of drug-likeness (QED) is 0.0858. The molecule has 0 aliphatic carbocycles. The number of hydrogen-bond acceptors (Lipinski definition) is 9. The summed E-state index contributed by atoms with van der Waals surface area (Å²) in [5, 5.41) is 73.3. The molecule has 9 nitrogen and oxygen atoms in total. The molecule has 7 N–H and O–H groups in total. The zero-order valence-corrected chi connectivity index (χ0v) is 26.9. The summed E-state index contributed by atoms with van der Waals surface area (Å²) in [5.41, 5.74) is 5.31. The molecule has 254 valence electrons. The fraction of sp³-hybridized carbons (Fsp3) is 0.0952. The minimum absolute atomic E-state index is 0.00158. The standard InChI is InChI=1S/C42H32O9/c43-28-9-2-22(3-10-28)1-4-25-15-33(48)21-36-37(25)38(41(51-36)23-5-11-29(44)12-6-23)27-18-34(49)40-35(19-27)50-42(24-7-13-30(45)14-8-24)39(40)26-16-31(46)20-32(47)17-26/h1-21,38-39,41-49H/b4-1-/t38-,39?,41+,42?/m0/s1. The average Bonchev–Trinajstić information content (AvgIpc) is 3.68. The van der Waals surface area contributed by atoms with Crippen molar-refractivity contribution in [1.29, 1.82) is 0 Å². The van der Waals surface area contributed by atoms with E-state index >= 15 is 0 Å². The maximum Gasteiger partial charge on any atom is 0.135 e. The molecule has 51 heavy (non-hydrogen) atoms. The Morgan fingerprint density at radius 3 is 1.43 bits per heavy atom. The second-order valence-electron chi connectivity index (χ2n) is 12.8. The molecule has 2 aliphatic heterocycles. The summed E-state index contributed by atoms with van der Waals surface area (Å²) in [7, 11) is 0. The topological polar surface area (TPSA) is 160 Å². The van der Waals surface area contributed by atoms with Gasteiger partial charge in [-0.15, -0.1) is 0 Å². The van der Waals surface area contributed by atoms with Gasteiger partial charge in [0.05, 0.1) is 11.8 Å². The van der Waals surface area contributed by atoms with Gasteiger partial charge in [-0.05, 0) is 100 Å². The predicted molar refractivity (Wildman–Crippen MR) is 190 cm³/mol. The van der Waals surface area contributed by atoms with Crippen molar-refractivity contribution >= 4 is 12.2 Å². The van der Waals surface area contributed by atoms with Crippen LogP contribution in [0.1, 0.15) is 68.6 Å². The van der Waals surface area contributed by atoms with Crippen LogP contribution >= 0.6 is 0 Å². The molecule has 0 saturated carbocycles. The molecule has 6 aromatic rings. The highest BCUT2D eigenvalue weighted by Crippen LogP contribution is 2.58. The van der Waals surface area contributed by atoms with Gasteiger partial charge in [0.15, 0.2) is 0 Å². The molecule has 0 saturated heterocycles. The van der Waals surface area contributed by atoms with Gasteiger partial charge in [0, 0.05) is 23.3 Å². The SMILES string of the molecule is Oc1ccc(/C=C\c2cc(O)cc3c2[C@H](c2cc(O)c4c(c2)OC(c2ccc(O)cc2)C4c2cc(O)cc(O)c2)[C@@H](c2ccc(O)cc2)O3)cc1. The Labute approximate surface area is 292 Å². The van der Waals surface area contributed by atoms with Crippen LogP contribution in [0.2, 0.25) is 0 Å². The van der Waals surface area contributed by atoms with E-state index in [9.17, 15) is 35.7 Å². The van der Waals surface area contributed by atoms with Crippen LogP contribution < -0.4 is 9.47 Å². The molecule has 8 rings (SSSR count). The van der Waals surface area contributed by atoms with E-state index in [1.165, 1.54) is 18.2 Å². The Morgan fingerprint density at radius 1 is 0.392 bits per heavy atom. The van der Waals surface area contributed by atoms with Crippen LogP contribution in [0.3, 0.4) is 0 Å². The first-order valence-corrected chi connectivity index (χ1v) is 16.3. The molecule has 0 radical (unpaired) electrons. The fourth-order valence-electron chi connectivity index (χ4n) is 7.24. The first kappa shape index (κ1) is 31.5. The van der Waals surface area contributed by atoms with Gasteiger partial charge in [0.1, 0.15) is 64.0 Å². The van der Waals surface area contributed by atoms with Crippen molar-refractivity contribution < 1.29 is 45.2 Å². The zero-order chi connectivity index (χ0) is 35.4. The molecule has 2 unspecified atom stereocenters. The van der Waals surface area contributed by atoms with Crippen LogP contribution in [0, 0.1) is 0 Å². The minimum Gasteiger partial charge on any atom is -0.508 e. The number of phenols is 7. The molecule has 0 aromatic heterocycles. The number of aromatic hydroxyl groups is 7. The van der Waals surface area contributed by atoms with Gasteiger partial charge in [0.25, 0.3) is 0 Å². The van der Waals surface area contributed by atoms with E-state index in [1.54, 1.807) is 91.0 Å². The van der Waals surface area contributed by atoms with Gasteiger partial charge >= 0.3 is 0 Å². The van der Waals surface area contributed by atoms with Crippen LogP contribution in [-0.4, -0.2) is 35.7 Å². The smallest absolute Gasteiger partial charge is 0.135 e. The number of rotatable bonds is 6. The number of ether oxygens (including phenoxy) is 2. The van der Waals surface area contributed by atoms with Crippen LogP contribution in [0.4, 0.5) is 0 Å². The molecule has 0 fully saturated rings. The monoisotopic (exact) mass is 680 g/mol. The molecule has 0 spiro atoms. The maximum absolute atomic E-state index is 11.9. The Morgan fingerprint density at radius 2 is 0.863 bits per heavy atom. The lowest BCUT2D eigenvalue weighted by Crippen LogP contribution is -2.12. The first-order valence-electron chi connectivity index (χ1n) is 16.3. The summed E-state index contributed by atoms with van der Waals surface area (Å²) in [5.74, 6) is -0.400. The Balaban J connectivity index is 1.29. The van der Waals surface area contributed by atoms with Crippen molar-refractivity contribution in [3.05, 3.63) is 160 Å². The van der Waals surface area contributed by atoms with Crippen LogP contribution in [0.15, 0.2) is 115 Å². The largest absolute Gasteiger partial charge is 0.508 e. The summed E-state index contributed by atoms with van der Waals surface area (Å²) in [6.07, 6.45) is 2.40. The second-order valence-corrected chi connectivity index (χ2v) is 12.8. The van der Waals surface area contributed by atoms with Gasteiger partial charge < -0.3 is 45.2 Å². The van der Waals surface area contributed by atoms with Crippen molar-refractivity contribution in [2.45, 2.75) is 24.0 Å². The van der Waals surface area contributed by atoms with E-state index in [-0.39, 0.29) is 40.2 Å². The molecule has 9 heteroatoms. The molecule has 6 aromatic carbocycles. The first-order chi connectivity index (χ1) is 24.6. The summed E-state index contributed by atoms with van der Waals surface area (Å²) in [4.78, 5) is 0. The van der Waals surface area contributed by atoms with Crippen molar-refractivity contribution in [2.24, 2.45) is 0 Å². The molecule has 0 bridgehead atoms. The number of benzene rings is 6. The van der Waals surface area contributed by atoms with Gasteiger partial charge in [-0.2, -0.15) is 0 Å². The third-order valence-electron chi connectivity index (χ3n) is 9.47. The van der Waals surface area contributed by atoms with Crippen LogP contribution in [-0.2, 0) is 0 Å². The zero-order valence-electron chi connectivity index (χ0n) is 26.9. The molecular weight excluding hydrogens is 648 g/mol. The van der Waals surface area contributed by atoms with E-state index in [4.69, 9.17) is 9.47 Å². The molecule has 2 heterocycles. The number of phenolic OH excluding ortho intramolecular Hbond substituents is 7. The van der Waals surface area contributed by atoms with E-state index < -0.39 is 24.0 Å². The normalized spacial score (nSPS) is 19.0. The Hall–Kier alpha value is -6.74. The Bertz CT molecular complexity index is 2270. The summed E-state index contributed by atoms with van der Waals surface area (Å²) >= 11 is 0. The van der Waals surface area contributed by atoms with Crippen molar-refractivity contribution in [3.8, 4) is 51.7 Å². The molecule has 4 atom stereocenters. The van der Waals surface area contributed by atoms with Crippen molar-refractivity contribution in [2.75, 3.05) is 0 Å². The number of hydrogen-bond donors (Lipinski definition) is 7.